The van der Waals surface area contributed by atoms with Gasteiger partial charge < -0.3 is 36.2 Å². The van der Waals surface area contributed by atoms with Crippen LogP contribution in [0.2, 0.25) is 0 Å². The molecule has 0 aromatic heterocycles. The lowest BCUT2D eigenvalue weighted by Gasteiger charge is -2.55. The van der Waals surface area contributed by atoms with Crippen LogP contribution in [0.15, 0.2) is 6.07 Å². The second-order valence-electron chi connectivity index (χ2n) is 12.5. The van der Waals surface area contributed by atoms with E-state index in [2.05, 4.69) is 19.2 Å². The summed E-state index contributed by atoms with van der Waals surface area (Å²) >= 11 is 0. The van der Waals surface area contributed by atoms with E-state index in [1.165, 1.54) is 0 Å². The molecule has 4 rings (SSSR count). The van der Waals surface area contributed by atoms with Crippen LogP contribution >= 0.6 is 0 Å². The summed E-state index contributed by atoms with van der Waals surface area (Å²) in [7, 11) is 6.93. The molecule has 2 unspecified atom stereocenters. The van der Waals surface area contributed by atoms with Crippen molar-refractivity contribution in [2.24, 2.45) is 35.3 Å². The first-order valence-electron chi connectivity index (χ1n) is 13.9. The van der Waals surface area contributed by atoms with Crippen molar-refractivity contribution in [1.29, 1.82) is 0 Å². The number of phenolic OH excluding ortho intramolecular Hbond substituents is 1. The van der Waals surface area contributed by atoms with Crippen molar-refractivity contribution < 1.29 is 34.5 Å². The van der Waals surface area contributed by atoms with E-state index in [0.717, 1.165) is 18.7 Å². The molecule has 6 N–H and O–H groups in total. The van der Waals surface area contributed by atoms with Gasteiger partial charge in [0.25, 0.3) is 0 Å². The lowest BCUT2D eigenvalue weighted by atomic mass is 9.52. The van der Waals surface area contributed by atoms with Crippen LogP contribution in [-0.4, -0.2) is 96.0 Å². The number of anilines is 1. The third-order valence-electron chi connectivity index (χ3n) is 9.04. The maximum Gasteiger partial charge on any atom is 0.230 e. The summed E-state index contributed by atoms with van der Waals surface area (Å²) in [5.41, 5.74) is 4.66. The number of nitrogens with zero attached hydrogens (tertiary/aromatic N) is 2. The zero-order valence-corrected chi connectivity index (χ0v) is 24.1. The van der Waals surface area contributed by atoms with Crippen LogP contribution in [-0.2, 0) is 27.3 Å². The number of nitrogens with two attached hydrogens (primary N) is 1. The molecule has 0 bridgehead atoms. The molecule has 0 saturated heterocycles. The summed E-state index contributed by atoms with van der Waals surface area (Å²) in [5, 5.41) is 37.3. The fourth-order valence-corrected chi connectivity index (χ4v) is 7.07. The summed E-state index contributed by atoms with van der Waals surface area (Å²) in [4.78, 5) is 57.2. The van der Waals surface area contributed by atoms with Crippen molar-refractivity contribution in [2.75, 3.05) is 39.6 Å². The number of benzene rings is 1. The van der Waals surface area contributed by atoms with E-state index in [9.17, 15) is 34.5 Å². The Morgan fingerprint density at radius 2 is 1.82 bits per heavy atom. The number of amides is 1. The Morgan fingerprint density at radius 1 is 1.18 bits per heavy atom. The van der Waals surface area contributed by atoms with E-state index in [1.54, 1.807) is 19.0 Å². The first-order chi connectivity index (χ1) is 18.6. The highest BCUT2D eigenvalue weighted by atomic mass is 16.3. The summed E-state index contributed by atoms with van der Waals surface area (Å²) in [6.07, 6.45) is -0.239. The number of nitrogens with one attached hydrogen (secondary N) is 1. The predicted molar refractivity (Wildman–Crippen MR) is 148 cm³/mol. The average Bonchev–Trinajstić information content (AvgIpc) is 2.84. The van der Waals surface area contributed by atoms with Crippen LogP contribution in [0, 0.1) is 29.6 Å². The lowest BCUT2D eigenvalue weighted by Crippen LogP contribution is -2.75. The van der Waals surface area contributed by atoms with Gasteiger partial charge in [0.05, 0.1) is 17.6 Å². The lowest BCUT2D eigenvalue weighted by molar-refractivity contribution is -0.190. The van der Waals surface area contributed by atoms with Gasteiger partial charge in [0, 0.05) is 43.9 Å². The van der Waals surface area contributed by atoms with Gasteiger partial charge in [-0.2, -0.15) is 0 Å². The van der Waals surface area contributed by atoms with Gasteiger partial charge in [-0.15, -0.1) is 0 Å². The number of hydrogen-bond donors (Lipinski definition) is 5. The molecule has 1 amide bonds. The van der Waals surface area contributed by atoms with Crippen molar-refractivity contribution in [3.63, 3.8) is 0 Å². The molecule has 0 spiro atoms. The molecule has 2 fully saturated rings. The van der Waals surface area contributed by atoms with Crippen LogP contribution < -0.4 is 16.0 Å². The molecule has 220 valence electrons. The summed E-state index contributed by atoms with van der Waals surface area (Å²) in [6, 6.07) is 0.918. The molecular formula is C29H42N4O7. The quantitative estimate of drug-likeness (QED) is 0.213. The van der Waals surface area contributed by atoms with Gasteiger partial charge >= 0.3 is 0 Å². The fourth-order valence-electron chi connectivity index (χ4n) is 7.07. The van der Waals surface area contributed by atoms with Crippen LogP contribution in [0.25, 0.3) is 0 Å². The van der Waals surface area contributed by atoms with E-state index >= 15 is 0 Å². The number of carbonyl (C=O) groups is 4. The number of aromatic hydroxyl groups is 1. The number of fused-ring (bicyclic) bond motifs is 3. The van der Waals surface area contributed by atoms with Gasteiger partial charge in [0.15, 0.2) is 23.0 Å². The van der Waals surface area contributed by atoms with E-state index in [4.69, 9.17) is 5.73 Å². The van der Waals surface area contributed by atoms with Crippen LogP contribution in [0.4, 0.5) is 5.69 Å². The Hall–Kier alpha value is -2.86. The number of likely N-dealkylation sites (N-methyl/N-ethyl adjacent to an activating group) is 1. The Morgan fingerprint density at radius 3 is 2.38 bits per heavy atom. The van der Waals surface area contributed by atoms with Gasteiger partial charge in [0.2, 0.25) is 5.91 Å². The first kappa shape index (κ1) is 30.1. The third-order valence-corrected chi connectivity index (χ3v) is 9.04. The molecule has 2 saturated carbocycles. The fraction of sp³-hybridized carbons (Fsp3) is 0.655. The Balaban J connectivity index is 1.80. The predicted octanol–water partition coefficient (Wildman–Crippen LogP) is -0.139. The first-order valence-corrected chi connectivity index (χ1v) is 13.9. The molecule has 1 aromatic rings. The van der Waals surface area contributed by atoms with Gasteiger partial charge in [-0.1, -0.05) is 13.8 Å². The number of ketones is 3. The van der Waals surface area contributed by atoms with E-state index in [0.29, 0.717) is 23.6 Å². The SMILES string of the molecule is CC(C)CCNCc1cc(N(C)C)c2c(c1O)C(=O)C1C(=O)[C@]3(O)C(=O)[C@H](C(N)=O)C(O)[C@@H](N(C)C)[C@@H]3C[C@@H]1C2. The normalized spacial score (nSPS) is 31.7. The molecule has 3 aliphatic rings. The minimum absolute atomic E-state index is 0.0300. The standard InChI is InChI=1S/C29H42N4O7/c1-13(2)7-8-31-12-15-11-18(32(3)4)16-9-14-10-17-22(33(5)6)25(36)21(28(30)39)27(38)29(17,40)26(37)19(14)24(35)20(16)23(15)34/h11,13-14,17,19,21-22,25,31,34,36,40H,7-10,12H2,1-6H3,(H2,30,39)/t14-,17-,19?,21+,22-,25?,29-/m0/s1. The summed E-state index contributed by atoms with van der Waals surface area (Å²) in [5.74, 6) is -8.47. The van der Waals surface area contributed by atoms with E-state index in [-0.39, 0.29) is 24.2 Å². The molecule has 7 atom stereocenters. The molecule has 11 heteroatoms. The molecule has 11 nitrogen and oxygen atoms in total. The highest BCUT2D eigenvalue weighted by Gasteiger charge is 2.69. The average molecular weight is 559 g/mol. The summed E-state index contributed by atoms with van der Waals surface area (Å²) in [6.45, 7) is 5.26. The molecule has 3 aliphatic carbocycles. The topological polar surface area (TPSA) is 174 Å². The van der Waals surface area contributed by atoms with Gasteiger partial charge in [-0.05, 0) is 63.4 Å². The van der Waals surface area contributed by atoms with Crippen LogP contribution in [0.3, 0.4) is 0 Å². The third kappa shape index (κ3) is 4.62. The molecule has 40 heavy (non-hydrogen) atoms. The number of phenols is 1. The van der Waals surface area contributed by atoms with E-state index < -0.39 is 64.7 Å². The van der Waals surface area contributed by atoms with Crippen molar-refractivity contribution >= 4 is 28.9 Å². The van der Waals surface area contributed by atoms with Crippen molar-refractivity contribution in [2.45, 2.75) is 57.4 Å². The Bertz CT molecular complexity index is 1230. The Kier molecular flexibility index (Phi) is 8.16. The number of hydrogen-bond acceptors (Lipinski definition) is 10. The second kappa shape index (κ2) is 10.8. The minimum atomic E-state index is -2.67. The number of Topliss-reactive ketones (excluding diaryl/α,β-unsaturated/α-hetero) is 3. The van der Waals surface area contributed by atoms with Gasteiger partial charge in [0.1, 0.15) is 11.7 Å². The minimum Gasteiger partial charge on any atom is -0.507 e. The molecular weight excluding hydrogens is 516 g/mol. The maximum atomic E-state index is 14.1. The zero-order chi connectivity index (χ0) is 29.8. The maximum absolute atomic E-state index is 14.1. The number of aliphatic hydroxyl groups excluding tert-OH is 1. The smallest absolute Gasteiger partial charge is 0.230 e. The monoisotopic (exact) mass is 558 g/mol. The Labute approximate surface area is 234 Å². The van der Waals surface area contributed by atoms with E-state index in [1.807, 2.05) is 25.1 Å². The second-order valence-corrected chi connectivity index (χ2v) is 12.5. The molecule has 0 aliphatic heterocycles. The van der Waals surface area contributed by atoms with Crippen molar-refractivity contribution in [1.82, 2.24) is 10.2 Å². The van der Waals surface area contributed by atoms with Crippen LogP contribution in [0.1, 0.15) is 48.2 Å². The largest absolute Gasteiger partial charge is 0.507 e. The number of primary amides is 1. The van der Waals surface area contributed by atoms with Crippen LogP contribution in [0.5, 0.6) is 5.75 Å². The van der Waals surface area contributed by atoms with Gasteiger partial charge in [-0.25, -0.2) is 0 Å². The van der Waals surface area contributed by atoms with Crippen molar-refractivity contribution in [3.8, 4) is 5.75 Å². The molecule has 1 aromatic carbocycles. The summed E-state index contributed by atoms with van der Waals surface area (Å²) < 4.78 is 0. The molecule has 0 radical (unpaired) electrons. The highest BCUT2D eigenvalue weighted by Crippen LogP contribution is 2.52. The zero-order valence-electron chi connectivity index (χ0n) is 24.1. The van der Waals surface area contributed by atoms with Crippen molar-refractivity contribution in [3.05, 3.63) is 22.8 Å². The van der Waals surface area contributed by atoms with Gasteiger partial charge in [-0.3, -0.25) is 19.2 Å². The number of rotatable bonds is 8. The number of carbonyl (C=O) groups excluding carboxylic acids is 4. The number of aliphatic hydroxyl groups is 2. The highest BCUT2D eigenvalue weighted by molar-refractivity contribution is 6.25. The molecule has 0 heterocycles.